The summed E-state index contributed by atoms with van der Waals surface area (Å²) in [5.74, 6) is -0.438. The number of aromatic nitrogens is 4. The number of aryl methyl sites for hydroxylation is 2. The highest BCUT2D eigenvalue weighted by Crippen LogP contribution is 2.38. The van der Waals surface area contributed by atoms with Crippen LogP contribution in [0.25, 0.3) is 0 Å². The zero-order valence-corrected chi connectivity index (χ0v) is 11.7. The molecule has 2 aromatic rings. The van der Waals surface area contributed by atoms with Crippen molar-refractivity contribution in [1.29, 1.82) is 0 Å². The average Bonchev–Trinajstić information content (AvgIpc) is 3.13. The summed E-state index contributed by atoms with van der Waals surface area (Å²) in [6.45, 7) is 1.67. The third kappa shape index (κ3) is 2.69. The van der Waals surface area contributed by atoms with Crippen molar-refractivity contribution in [2.75, 3.05) is 0 Å². The smallest absolute Gasteiger partial charge is 0.281 e. The van der Waals surface area contributed by atoms with Gasteiger partial charge in [0, 0.05) is 18.7 Å². The van der Waals surface area contributed by atoms with Crippen molar-refractivity contribution >= 4 is 12.1 Å². The summed E-state index contributed by atoms with van der Waals surface area (Å²) >= 11 is 0. The number of hydrazone groups is 1. The fourth-order valence-corrected chi connectivity index (χ4v) is 2.06. The van der Waals surface area contributed by atoms with Gasteiger partial charge in [-0.15, -0.1) is 0 Å². The Kier molecular flexibility index (Phi) is 3.28. The molecular weight excluding hydrogens is 275 g/mol. The predicted molar refractivity (Wildman–Crippen MR) is 73.5 cm³/mol. The van der Waals surface area contributed by atoms with Gasteiger partial charge in [-0.2, -0.15) is 19.7 Å². The first-order chi connectivity index (χ1) is 10.1. The molecule has 8 heteroatoms. The van der Waals surface area contributed by atoms with Crippen molar-refractivity contribution in [1.82, 2.24) is 25.4 Å². The molecule has 0 aromatic carbocycles. The number of nitrogens with one attached hydrogen (secondary N) is 2. The lowest BCUT2D eigenvalue weighted by atomic mass is 10.2. The number of hydrogen-bond acceptors (Lipinski definition) is 4. The van der Waals surface area contributed by atoms with Crippen LogP contribution in [0, 0.1) is 12.9 Å². The van der Waals surface area contributed by atoms with Crippen molar-refractivity contribution in [2.45, 2.75) is 25.7 Å². The molecule has 21 heavy (non-hydrogen) atoms. The molecule has 1 amide bonds. The van der Waals surface area contributed by atoms with Crippen LogP contribution in [0.5, 0.6) is 0 Å². The quantitative estimate of drug-likeness (QED) is 0.655. The first kappa shape index (κ1) is 13.5. The van der Waals surface area contributed by atoms with Crippen LogP contribution in [0.3, 0.4) is 0 Å². The highest BCUT2D eigenvalue weighted by Gasteiger charge is 2.26. The van der Waals surface area contributed by atoms with Crippen LogP contribution >= 0.6 is 0 Å². The van der Waals surface area contributed by atoms with Gasteiger partial charge in [0.2, 0.25) is 5.95 Å². The van der Waals surface area contributed by atoms with E-state index in [1.165, 1.54) is 13.3 Å². The predicted octanol–water partition coefficient (Wildman–Crippen LogP) is 1.23. The summed E-state index contributed by atoms with van der Waals surface area (Å²) in [5.41, 5.74) is 4.33. The molecule has 2 N–H and O–H groups in total. The van der Waals surface area contributed by atoms with Gasteiger partial charge in [0.05, 0.1) is 17.5 Å². The van der Waals surface area contributed by atoms with E-state index in [0.717, 1.165) is 23.2 Å². The number of hydrogen-bond donors (Lipinski definition) is 2. The summed E-state index contributed by atoms with van der Waals surface area (Å²) in [7, 11) is 1.50. The van der Waals surface area contributed by atoms with Gasteiger partial charge < -0.3 is 0 Å². The van der Waals surface area contributed by atoms with Crippen molar-refractivity contribution < 1.29 is 9.18 Å². The van der Waals surface area contributed by atoms with Crippen molar-refractivity contribution in [3.05, 3.63) is 34.7 Å². The van der Waals surface area contributed by atoms with E-state index in [0.29, 0.717) is 11.6 Å². The fourth-order valence-electron chi connectivity index (χ4n) is 2.06. The summed E-state index contributed by atoms with van der Waals surface area (Å²) in [4.78, 5) is 11.8. The first-order valence-corrected chi connectivity index (χ1v) is 6.64. The minimum absolute atomic E-state index is 0.249. The number of aromatic amines is 1. The Balaban J connectivity index is 1.65. The number of carbonyl (C=O) groups is 1. The highest BCUT2D eigenvalue weighted by molar-refractivity contribution is 5.93. The van der Waals surface area contributed by atoms with Crippen LogP contribution in [0.4, 0.5) is 4.39 Å². The first-order valence-electron chi connectivity index (χ1n) is 6.64. The number of H-pyrrole nitrogens is 1. The van der Waals surface area contributed by atoms with E-state index in [-0.39, 0.29) is 11.3 Å². The Labute approximate surface area is 120 Å². The molecule has 7 nitrogen and oxygen atoms in total. The molecule has 0 radical (unpaired) electrons. The highest BCUT2D eigenvalue weighted by atomic mass is 19.1. The molecule has 1 aliphatic rings. The SMILES string of the molecule is Cc1nn(C)c(F)c1/C=N\NC(=O)c1cc(C2CC2)[nH]n1. The molecular formula is C13H15FN6O. The van der Waals surface area contributed by atoms with E-state index >= 15 is 0 Å². The molecule has 2 aromatic heterocycles. The van der Waals surface area contributed by atoms with E-state index in [2.05, 4.69) is 25.8 Å². The van der Waals surface area contributed by atoms with Crippen molar-refractivity contribution in [3.8, 4) is 0 Å². The molecule has 1 fully saturated rings. The average molecular weight is 290 g/mol. The maximum Gasteiger partial charge on any atom is 0.291 e. The molecule has 1 aliphatic carbocycles. The monoisotopic (exact) mass is 290 g/mol. The van der Waals surface area contributed by atoms with E-state index in [9.17, 15) is 9.18 Å². The van der Waals surface area contributed by atoms with Gasteiger partial charge in [0.15, 0.2) is 5.69 Å². The second kappa shape index (κ2) is 5.12. The van der Waals surface area contributed by atoms with Crippen LogP contribution in [0.1, 0.15) is 46.2 Å². The van der Waals surface area contributed by atoms with Crippen molar-refractivity contribution in [2.24, 2.45) is 12.1 Å². The van der Waals surface area contributed by atoms with Gasteiger partial charge in [-0.25, -0.2) is 10.1 Å². The molecule has 110 valence electrons. The topological polar surface area (TPSA) is 88.0 Å². The fraction of sp³-hybridized carbons (Fsp3) is 0.385. The molecule has 0 saturated heterocycles. The Hall–Kier alpha value is -2.51. The zero-order chi connectivity index (χ0) is 15.0. The molecule has 0 atom stereocenters. The molecule has 0 bridgehead atoms. The molecule has 1 saturated carbocycles. The molecule has 3 rings (SSSR count). The third-order valence-corrected chi connectivity index (χ3v) is 3.40. The van der Waals surface area contributed by atoms with Crippen LogP contribution in [0.2, 0.25) is 0 Å². The third-order valence-electron chi connectivity index (χ3n) is 3.40. The number of amides is 1. The summed E-state index contributed by atoms with van der Waals surface area (Å²) in [6.07, 6.45) is 3.49. The minimum atomic E-state index is -0.499. The molecule has 0 spiro atoms. The summed E-state index contributed by atoms with van der Waals surface area (Å²) < 4.78 is 14.8. The van der Waals surface area contributed by atoms with Gasteiger partial charge in [-0.05, 0) is 25.8 Å². The summed E-state index contributed by atoms with van der Waals surface area (Å²) in [5, 5.41) is 14.5. The number of nitrogens with zero attached hydrogens (tertiary/aromatic N) is 4. The second-order valence-corrected chi connectivity index (χ2v) is 5.10. The molecule has 0 aliphatic heterocycles. The van der Waals surface area contributed by atoms with Gasteiger partial charge in [0.1, 0.15) is 0 Å². The van der Waals surface area contributed by atoms with E-state index in [1.54, 1.807) is 13.0 Å². The van der Waals surface area contributed by atoms with E-state index < -0.39 is 11.9 Å². The normalized spacial score (nSPS) is 14.8. The zero-order valence-electron chi connectivity index (χ0n) is 11.7. The van der Waals surface area contributed by atoms with Crippen LogP contribution in [-0.4, -0.2) is 32.1 Å². The lowest BCUT2D eigenvalue weighted by Gasteiger charge is -1.94. The Morgan fingerprint density at radius 2 is 2.38 bits per heavy atom. The Morgan fingerprint density at radius 3 is 3.00 bits per heavy atom. The lowest BCUT2D eigenvalue weighted by Crippen LogP contribution is -2.18. The van der Waals surface area contributed by atoms with E-state index in [4.69, 9.17) is 0 Å². The van der Waals surface area contributed by atoms with Crippen LogP contribution in [0.15, 0.2) is 11.2 Å². The van der Waals surface area contributed by atoms with Gasteiger partial charge in [0.25, 0.3) is 5.91 Å². The number of halogens is 1. The van der Waals surface area contributed by atoms with Gasteiger partial charge >= 0.3 is 0 Å². The van der Waals surface area contributed by atoms with Crippen LogP contribution < -0.4 is 5.43 Å². The van der Waals surface area contributed by atoms with E-state index in [1.807, 2.05) is 0 Å². The maximum absolute atomic E-state index is 13.6. The summed E-state index contributed by atoms with van der Waals surface area (Å²) in [6, 6.07) is 1.72. The molecule has 0 unspecified atom stereocenters. The number of carbonyl (C=O) groups excluding carboxylic acids is 1. The van der Waals surface area contributed by atoms with Crippen molar-refractivity contribution in [3.63, 3.8) is 0 Å². The second-order valence-electron chi connectivity index (χ2n) is 5.10. The Bertz CT molecular complexity index is 712. The Morgan fingerprint density at radius 1 is 1.62 bits per heavy atom. The number of rotatable bonds is 4. The van der Waals surface area contributed by atoms with Crippen LogP contribution in [-0.2, 0) is 7.05 Å². The largest absolute Gasteiger partial charge is 0.291 e. The maximum atomic E-state index is 13.6. The van der Waals surface area contributed by atoms with Gasteiger partial charge in [-0.3, -0.25) is 9.89 Å². The lowest BCUT2D eigenvalue weighted by molar-refractivity contribution is 0.0950. The van der Waals surface area contributed by atoms with Gasteiger partial charge in [-0.1, -0.05) is 0 Å². The molecule has 2 heterocycles. The minimum Gasteiger partial charge on any atom is -0.281 e. The standard InChI is InChI=1S/C13H15FN6O/c1-7-9(12(14)20(2)19-7)6-15-18-13(21)11-5-10(16-17-11)8-3-4-8/h5-6,8H,3-4H2,1-2H3,(H,16,17)(H,18,21)/b15-6-.